The predicted octanol–water partition coefficient (Wildman–Crippen LogP) is 1.30. The molecule has 9 nitrogen and oxygen atoms in total. The number of aromatic amines is 1. The van der Waals surface area contributed by atoms with E-state index < -0.39 is 29.2 Å². The number of H-pyrrole nitrogens is 1. The molecule has 1 amide bonds. The number of esters is 1. The van der Waals surface area contributed by atoms with Gasteiger partial charge in [-0.1, -0.05) is 48.5 Å². The first-order valence-corrected chi connectivity index (χ1v) is 10.2. The van der Waals surface area contributed by atoms with Crippen LogP contribution in [0, 0.1) is 0 Å². The van der Waals surface area contributed by atoms with E-state index in [1.165, 1.54) is 4.57 Å². The van der Waals surface area contributed by atoms with E-state index in [2.05, 4.69) is 4.98 Å². The van der Waals surface area contributed by atoms with Crippen molar-refractivity contribution in [3.63, 3.8) is 0 Å². The van der Waals surface area contributed by atoms with E-state index in [1.54, 1.807) is 31.2 Å². The van der Waals surface area contributed by atoms with E-state index in [4.69, 9.17) is 10.5 Å². The van der Waals surface area contributed by atoms with Crippen LogP contribution in [0.2, 0.25) is 0 Å². The van der Waals surface area contributed by atoms with Crippen LogP contribution in [0.25, 0.3) is 0 Å². The van der Waals surface area contributed by atoms with Crippen LogP contribution in [0.5, 0.6) is 0 Å². The van der Waals surface area contributed by atoms with Crippen molar-refractivity contribution in [3.05, 3.63) is 92.1 Å². The van der Waals surface area contributed by atoms with Gasteiger partial charge in [0, 0.05) is 13.0 Å². The second-order valence-electron chi connectivity index (χ2n) is 7.40. The van der Waals surface area contributed by atoms with Crippen LogP contribution < -0.4 is 21.9 Å². The number of aromatic nitrogens is 2. The van der Waals surface area contributed by atoms with E-state index in [1.807, 2.05) is 30.3 Å². The molecule has 3 aromatic rings. The Morgan fingerprint density at radius 1 is 1.12 bits per heavy atom. The van der Waals surface area contributed by atoms with Crippen molar-refractivity contribution in [1.29, 1.82) is 0 Å². The number of fused-ring (bicyclic) bond motifs is 1. The molecule has 0 bridgehead atoms. The molecular weight excluding hydrogens is 412 g/mol. The summed E-state index contributed by atoms with van der Waals surface area (Å²) in [5, 5.41) is 0. The number of rotatable bonds is 5. The molecule has 2 heterocycles. The molecule has 3 N–H and O–H groups in total. The van der Waals surface area contributed by atoms with Crippen molar-refractivity contribution in [3.8, 4) is 0 Å². The summed E-state index contributed by atoms with van der Waals surface area (Å²) in [6, 6.07) is 16.0. The minimum Gasteiger partial charge on any atom is -0.448 e. The summed E-state index contributed by atoms with van der Waals surface area (Å²) in [5.74, 6) is -1.32. The Kier molecular flexibility index (Phi) is 5.63. The summed E-state index contributed by atoms with van der Waals surface area (Å²) in [6.07, 6.45) is -0.927. The molecule has 0 unspecified atom stereocenters. The van der Waals surface area contributed by atoms with Gasteiger partial charge in [-0.15, -0.1) is 0 Å². The zero-order valence-electron chi connectivity index (χ0n) is 17.4. The van der Waals surface area contributed by atoms with Crippen molar-refractivity contribution in [2.45, 2.75) is 26.0 Å². The highest BCUT2D eigenvalue weighted by molar-refractivity contribution is 6.02. The molecule has 9 heteroatoms. The quantitative estimate of drug-likeness (QED) is 0.583. The number of nitrogens with one attached hydrogen (secondary N) is 1. The molecule has 0 saturated carbocycles. The predicted molar refractivity (Wildman–Crippen MR) is 119 cm³/mol. The van der Waals surface area contributed by atoms with Gasteiger partial charge in [0.2, 0.25) is 0 Å². The molecule has 0 saturated heterocycles. The molecule has 32 heavy (non-hydrogen) atoms. The molecule has 1 atom stereocenters. The van der Waals surface area contributed by atoms with Gasteiger partial charge >= 0.3 is 11.7 Å². The van der Waals surface area contributed by atoms with Crippen LogP contribution in [0.15, 0.2) is 64.2 Å². The van der Waals surface area contributed by atoms with Crippen LogP contribution >= 0.6 is 0 Å². The Labute approximate surface area is 183 Å². The lowest BCUT2D eigenvalue weighted by molar-refractivity contribution is -0.127. The number of cyclic esters (lactones) is 1. The third-order valence-corrected chi connectivity index (χ3v) is 5.42. The molecular formula is C23H22N4O5. The van der Waals surface area contributed by atoms with E-state index in [9.17, 15) is 19.2 Å². The molecule has 1 aliphatic heterocycles. The molecule has 0 fully saturated rings. The number of anilines is 2. The monoisotopic (exact) mass is 434 g/mol. The summed E-state index contributed by atoms with van der Waals surface area (Å²) in [5.41, 5.74) is 6.51. The van der Waals surface area contributed by atoms with Crippen molar-refractivity contribution in [2.75, 3.05) is 17.2 Å². The average Bonchev–Trinajstić information content (AvgIpc) is 2.79. The van der Waals surface area contributed by atoms with Gasteiger partial charge in [0.15, 0.2) is 11.8 Å². The van der Waals surface area contributed by atoms with Crippen LogP contribution in [0.1, 0.15) is 28.4 Å². The number of hydrogen-bond acceptors (Lipinski definition) is 6. The van der Waals surface area contributed by atoms with E-state index in [-0.39, 0.29) is 31.0 Å². The van der Waals surface area contributed by atoms with Gasteiger partial charge in [0.25, 0.3) is 11.5 Å². The number of benzene rings is 2. The van der Waals surface area contributed by atoms with Gasteiger partial charge < -0.3 is 15.4 Å². The zero-order chi connectivity index (χ0) is 22.8. The maximum absolute atomic E-state index is 13.3. The van der Waals surface area contributed by atoms with Crippen LogP contribution in [0.4, 0.5) is 11.5 Å². The molecule has 1 aliphatic rings. The summed E-state index contributed by atoms with van der Waals surface area (Å²) < 4.78 is 6.56. The summed E-state index contributed by atoms with van der Waals surface area (Å²) in [4.78, 5) is 54.1. The van der Waals surface area contributed by atoms with Gasteiger partial charge in [-0.25, -0.2) is 9.59 Å². The second-order valence-corrected chi connectivity index (χ2v) is 7.40. The normalized spacial score (nSPS) is 15.0. The summed E-state index contributed by atoms with van der Waals surface area (Å²) in [6.45, 7) is 1.88. The number of hydrogen-bond donors (Lipinski definition) is 2. The first-order chi connectivity index (χ1) is 15.4. The third-order valence-electron chi connectivity index (χ3n) is 5.42. The van der Waals surface area contributed by atoms with E-state index >= 15 is 0 Å². The number of likely N-dealkylation sites (N-methyl/N-ethyl adjacent to an activating group) is 1. The maximum atomic E-state index is 13.3. The zero-order valence-corrected chi connectivity index (χ0v) is 17.4. The first kappa shape index (κ1) is 21.1. The fourth-order valence-corrected chi connectivity index (χ4v) is 3.83. The Bertz CT molecular complexity index is 1300. The number of ether oxygens (including phenoxy) is 1. The molecule has 164 valence electrons. The SMILES string of the molecule is CCN(C(=O)[C@H]1Cc2ccccc2C(=O)O1)c1c(N)n(Cc2ccccc2)c(=O)[nH]c1=O. The standard InChI is InChI=1S/C23H22N4O5/c1-2-26(21(29)17-12-15-10-6-7-11-16(15)22(30)32-17)18-19(24)27(23(31)25-20(18)28)13-14-8-4-3-5-9-14/h3-11,17H,2,12-13,24H2,1H3,(H,25,28,31)/t17-/m1/s1. The van der Waals surface area contributed by atoms with Gasteiger partial charge in [-0.05, 0) is 24.1 Å². The summed E-state index contributed by atoms with van der Waals surface area (Å²) in [7, 11) is 0. The van der Waals surface area contributed by atoms with Crippen molar-refractivity contribution in [2.24, 2.45) is 0 Å². The number of amides is 1. The Morgan fingerprint density at radius 3 is 2.53 bits per heavy atom. The maximum Gasteiger partial charge on any atom is 0.339 e. The smallest absolute Gasteiger partial charge is 0.339 e. The second kappa shape index (κ2) is 8.54. The van der Waals surface area contributed by atoms with Gasteiger partial charge in [0.05, 0.1) is 12.1 Å². The van der Waals surface area contributed by atoms with Crippen LogP contribution in [-0.4, -0.2) is 34.1 Å². The largest absolute Gasteiger partial charge is 0.448 e. The lowest BCUT2D eigenvalue weighted by atomic mass is 9.98. The van der Waals surface area contributed by atoms with Crippen LogP contribution in [0.3, 0.4) is 0 Å². The van der Waals surface area contributed by atoms with Gasteiger partial charge in [0.1, 0.15) is 5.82 Å². The van der Waals surface area contributed by atoms with E-state index in [0.29, 0.717) is 11.1 Å². The lowest BCUT2D eigenvalue weighted by Gasteiger charge is -2.29. The Balaban J connectivity index is 1.71. The third kappa shape index (κ3) is 3.80. The molecule has 4 rings (SSSR count). The molecule has 1 aromatic heterocycles. The topological polar surface area (TPSA) is 127 Å². The first-order valence-electron chi connectivity index (χ1n) is 10.2. The fourth-order valence-electron chi connectivity index (χ4n) is 3.83. The highest BCUT2D eigenvalue weighted by Crippen LogP contribution is 2.24. The Hall–Kier alpha value is -4.14. The highest BCUT2D eigenvalue weighted by Gasteiger charge is 2.35. The Morgan fingerprint density at radius 2 is 1.81 bits per heavy atom. The minimum absolute atomic E-state index is 0.0886. The average molecular weight is 434 g/mol. The number of nitrogens with two attached hydrogens (primary N) is 1. The van der Waals surface area contributed by atoms with Crippen molar-refractivity contribution < 1.29 is 14.3 Å². The number of nitrogens with zero attached hydrogens (tertiary/aromatic N) is 2. The van der Waals surface area contributed by atoms with Gasteiger partial charge in [-0.3, -0.25) is 19.1 Å². The number of carbonyl (C=O) groups is 2. The lowest BCUT2D eigenvalue weighted by Crippen LogP contribution is -2.48. The van der Waals surface area contributed by atoms with E-state index in [0.717, 1.165) is 10.5 Å². The fraction of sp³-hybridized carbons (Fsp3) is 0.217. The van der Waals surface area contributed by atoms with Gasteiger partial charge in [-0.2, -0.15) is 0 Å². The molecule has 0 radical (unpaired) electrons. The summed E-state index contributed by atoms with van der Waals surface area (Å²) >= 11 is 0. The molecule has 0 spiro atoms. The highest BCUT2D eigenvalue weighted by atomic mass is 16.5. The minimum atomic E-state index is -1.11. The van der Waals surface area contributed by atoms with Crippen molar-refractivity contribution in [1.82, 2.24) is 9.55 Å². The van der Waals surface area contributed by atoms with Crippen molar-refractivity contribution >= 4 is 23.4 Å². The number of carbonyl (C=O) groups excluding carboxylic acids is 2. The number of nitrogen functional groups attached to an aromatic ring is 1. The molecule has 0 aliphatic carbocycles. The molecule has 2 aromatic carbocycles. The van der Waals surface area contributed by atoms with Crippen LogP contribution in [-0.2, 0) is 22.5 Å².